The minimum absolute atomic E-state index is 0.117. The summed E-state index contributed by atoms with van der Waals surface area (Å²) in [4.78, 5) is 6.96. The lowest BCUT2D eigenvalue weighted by atomic mass is 10.2. The molecule has 0 saturated carbocycles. The van der Waals surface area contributed by atoms with Crippen molar-refractivity contribution in [2.45, 2.75) is 18.7 Å². The van der Waals surface area contributed by atoms with Crippen LogP contribution in [0.2, 0.25) is 0 Å². The van der Waals surface area contributed by atoms with Gasteiger partial charge in [0.25, 0.3) is 10.0 Å². The molecule has 1 aromatic carbocycles. The van der Waals surface area contributed by atoms with Crippen molar-refractivity contribution in [2.24, 2.45) is 5.92 Å². The van der Waals surface area contributed by atoms with Crippen LogP contribution in [0, 0.1) is 5.92 Å². The zero-order valence-electron chi connectivity index (χ0n) is 12.0. The van der Waals surface area contributed by atoms with E-state index in [0.29, 0.717) is 24.9 Å². The molecular formula is C13H21NO5S. The molecule has 0 saturated heterocycles. The van der Waals surface area contributed by atoms with Crippen LogP contribution >= 0.6 is 0 Å². The first-order chi connectivity index (χ1) is 9.45. The Balaban J connectivity index is 2.57. The maximum absolute atomic E-state index is 11.9. The standard InChI is InChI=1S/C13H21NO5S/c1-11(2)10-18-12-4-6-13(7-5-12)20(15,16)14-19-9-8-17-3/h4-7,11,14H,8-10H2,1-3H3. The fourth-order valence-electron chi connectivity index (χ4n) is 1.27. The molecule has 1 rings (SSSR count). The molecule has 0 aliphatic heterocycles. The first kappa shape index (κ1) is 16.9. The largest absolute Gasteiger partial charge is 0.493 e. The molecule has 0 aliphatic rings. The first-order valence-corrected chi connectivity index (χ1v) is 7.79. The Morgan fingerprint density at radius 2 is 1.80 bits per heavy atom. The summed E-state index contributed by atoms with van der Waals surface area (Å²) < 4.78 is 33.9. The third kappa shape index (κ3) is 5.87. The van der Waals surface area contributed by atoms with Crippen molar-refractivity contribution in [3.63, 3.8) is 0 Å². The molecule has 20 heavy (non-hydrogen) atoms. The van der Waals surface area contributed by atoms with Crippen molar-refractivity contribution in [1.82, 2.24) is 4.89 Å². The van der Waals surface area contributed by atoms with E-state index < -0.39 is 10.0 Å². The third-order valence-electron chi connectivity index (χ3n) is 2.28. The Labute approximate surface area is 120 Å². The third-order valence-corrected chi connectivity index (χ3v) is 3.51. The van der Waals surface area contributed by atoms with Crippen molar-refractivity contribution >= 4 is 10.0 Å². The van der Waals surface area contributed by atoms with E-state index >= 15 is 0 Å². The van der Waals surface area contributed by atoms with Gasteiger partial charge in [0.05, 0.1) is 24.7 Å². The normalized spacial score (nSPS) is 11.8. The summed E-state index contributed by atoms with van der Waals surface area (Å²) in [6.07, 6.45) is 0. The van der Waals surface area contributed by atoms with E-state index in [1.165, 1.54) is 19.2 Å². The van der Waals surface area contributed by atoms with Gasteiger partial charge in [0.15, 0.2) is 0 Å². The average Bonchev–Trinajstić information content (AvgIpc) is 2.42. The summed E-state index contributed by atoms with van der Waals surface area (Å²) >= 11 is 0. The Morgan fingerprint density at radius 3 is 2.35 bits per heavy atom. The number of hydrogen-bond acceptors (Lipinski definition) is 5. The van der Waals surface area contributed by atoms with Gasteiger partial charge in [-0.05, 0) is 30.2 Å². The zero-order chi connectivity index (χ0) is 15.0. The van der Waals surface area contributed by atoms with Crippen LogP contribution in [0.25, 0.3) is 0 Å². The fourth-order valence-corrected chi connectivity index (χ4v) is 2.10. The quantitative estimate of drug-likeness (QED) is 0.554. The van der Waals surface area contributed by atoms with Gasteiger partial charge in [-0.1, -0.05) is 18.7 Å². The maximum atomic E-state index is 11.9. The number of hydrogen-bond donors (Lipinski definition) is 1. The van der Waals surface area contributed by atoms with Gasteiger partial charge in [0.1, 0.15) is 5.75 Å². The second-order valence-corrected chi connectivity index (χ2v) is 6.25. The van der Waals surface area contributed by atoms with Gasteiger partial charge in [0.2, 0.25) is 0 Å². The van der Waals surface area contributed by atoms with Crippen LogP contribution in [0.15, 0.2) is 29.2 Å². The molecule has 0 aliphatic carbocycles. The second-order valence-electron chi connectivity index (χ2n) is 4.60. The molecule has 0 unspecified atom stereocenters. The molecule has 6 nitrogen and oxygen atoms in total. The highest BCUT2D eigenvalue weighted by molar-refractivity contribution is 7.89. The van der Waals surface area contributed by atoms with Gasteiger partial charge in [-0.3, -0.25) is 4.84 Å². The highest BCUT2D eigenvalue weighted by Gasteiger charge is 2.14. The van der Waals surface area contributed by atoms with Crippen LogP contribution in [0.5, 0.6) is 5.75 Å². The topological polar surface area (TPSA) is 73.9 Å². The Hall–Kier alpha value is -1.15. The van der Waals surface area contributed by atoms with Crippen molar-refractivity contribution in [3.05, 3.63) is 24.3 Å². The highest BCUT2D eigenvalue weighted by Crippen LogP contribution is 2.16. The molecule has 0 aromatic heterocycles. The van der Waals surface area contributed by atoms with Gasteiger partial charge < -0.3 is 9.47 Å². The average molecular weight is 303 g/mol. The highest BCUT2D eigenvalue weighted by atomic mass is 32.2. The van der Waals surface area contributed by atoms with Crippen LogP contribution in [0.4, 0.5) is 0 Å². The van der Waals surface area contributed by atoms with Crippen LogP contribution in [-0.2, 0) is 19.6 Å². The molecular weight excluding hydrogens is 282 g/mol. The van der Waals surface area contributed by atoms with Gasteiger partial charge in [-0.25, -0.2) is 8.42 Å². The Morgan fingerprint density at radius 1 is 1.15 bits per heavy atom. The lowest BCUT2D eigenvalue weighted by Crippen LogP contribution is -2.25. The van der Waals surface area contributed by atoms with Crippen molar-refractivity contribution < 1.29 is 22.7 Å². The first-order valence-electron chi connectivity index (χ1n) is 6.31. The minimum atomic E-state index is -3.67. The molecule has 0 heterocycles. The van der Waals surface area contributed by atoms with Gasteiger partial charge >= 0.3 is 0 Å². The summed E-state index contributed by atoms with van der Waals surface area (Å²) in [5.74, 6) is 1.05. The van der Waals surface area contributed by atoms with E-state index in [1.807, 2.05) is 18.7 Å². The lowest BCUT2D eigenvalue weighted by molar-refractivity contribution is 0.0438. The molecule has 1 aromatic rings. The number of sulfonamides is 1. The van der Waals surface area contributed by atoms with Crippen LogP contribution in [-0.4, -0.2) is 35.3 Å². The maximum Gasteiger partial charge on any atom is 0.262 e. The SMILES string of the molecule is COCCONS(=O)(=O)c1ccc(OCC(C)C)cc1. The van der Waals surface area contributed by atoms with E-state index in [1.54, 1.807) is 12.1 Å². The van der Waals surface area contributed by atoms with Crippen LogP contribution < -0.4 is 9.62 Å². The Bertz CT molecular complexity index is 484. The number of benzene rings is 1. The van der Waals surface area contributed by atoms with Gasteiger partial charge in [-0.15, -0.1) is 0 Å². The molecule has 0 bridgehead atoms. The van der Waals surface area contributed by atoms with Crippen molar-refractivity contribution in [2.75, 3.05) is 26.9 Å². The van der Waals surface area contributed by atoms with Crippen molar-refractivity contribution in [1.29, 1.82) is 0 Å². The predicted molar refractivity (Wildman–Crippen MR) is 74.9 cm³/mol. The van der Waals surface area contributed by atoms with E-state index in [-0.39, 0.29) is 11.5 Å². The summed E-state index contributed by atoms with van der Waals surface area (Å²) in [6.45, 7) is 5.13. The number of methoxy groups -OCH3 is 1. The fraction of sp³-hybridized carbons (Fsp3) is 0.538. The van der Waals surface area contributed by atoms with E-state index in [0.717, 1.165) is 0 Å². The summed E-state index contributed by atoms with van der Waals surface area (Å²) in [5.41, 5.74) is 0. The van der Waals surface area contributed by atoms with Crippen molar-refractivity contribution in [3.8, 4) is 5.75 Å². The minimum Gasteiger partial charge on any atom is -0.493 e. The van der Waals surface area contributed by atoms with E-state index in [4.69, 9.17) is 14.3 Å². The number of nitrogens with one attached hydrogen (secondary N) is 1. The molecule has 0 spiro atoms. The van der Waals surface area contributed by atoms with E-state index in [9.17, 15) is 8.42 Å². The van der Waals surface area contributed by atoms with Gasteiger partial charge in [-0.2, -0.15) is 0 Å². The molecule has 0 atom stereocenters. The zero-order valence-corrected chi connectivity index (χ0v) is 12.8. The van der Waals surface area contributed by atoms with Crippen LogP contribution in [0.1, 0.15) is 13.8 Å². The molecule has 0 amide bonds. The van der Waals surface area contributed by atoms with Gasteiger partial charge in [0, 0.05) is 7.11 Å². The molecule has 0 radical (unpaired) electrons. The monoisotopic (exact) mass is 303 g/mol. The van der Waals surface area contributed by atoms with E-state index in [2.05, 4.69) is 0 Å². The predicted octanol–water partition coefficient (Wildman–Crippen LogP) is 1.58. The molecule has 1 N–H and O–H groups in total. The lowest BCUT2D eigenvalue weighted by Gasteiger charge is -2.10. The Kier molecular flexibility index (Phi) is 6.94. The summed E-state index contributed by atoms with van der Waals surface area (Å²) in [5, 5.41) is 0. The second kappa shape index (κ2) is 8.21. The molecule has 0 fully saturated rings. The number of rotatable bonds is 9. The summed E-state index contributed by atoms with van der Waals surface area (Å²) in [7, 11) is -2.16. The molecule has 7 heteroatoms. The number of ether oxygens (including phenoxy) is 2. The van der Waals surface area contributed by atoms with Crippen LogP contribution in [0.3, 0.4) is 0 Å². The molecule has 114 valence electrons. The smallest absolute Gasteiger partial charge is 0.262 e. The summed E-state index contributed by atoms with van der Waals surface area (Å²) in [6, 6.07) is 6.17.